The summed E-state index contributed by atoms with van der Waals surface area (Å²) in [5.41, 5.74) is 7.76. The highest BCUT2D eigenvalue weighted by atomic mass is 32.1. The zero-order valence-electron chi connectivity index (χ0n) is 16.5. The van der Waals surface area contributed by atoms with Crippen LogP contribution in [0.2, 0.25) is 0 Å². The maximum Gasteiger partial charge on any atom is 0.311 e. The predicted molar refractivity (Wildman–Crippen MR) is 117 cm³/mol. The molecule has 0 saturated carbocycles. The number of nitro benzene ring substituents is 1. The number of nitrogens with one attached hydrogen (secondary N) is 1. The molecule has 0 spiro atoms. The van der Waals surface area contributed by atoms with E-state index in [-0.39, 0.29) is 11.4 Å². The highest BCUT2D eigenvalue weighted by molar-refractivity contribution is 7.14. The molecule has 29 heavy (non-hydrogen) atoms. The lowest BCUT2D eigenvalue weighted by Crippen LogP contribution is -2.00. The zero-order valence-corrected chi connectivity index (χ0v) is 17.3. The Balaban J connectivity index is 1.71. The van der Waals surface area contributed by atoms with E-state index in [1.54, 1.807) is 12.1 Å². The van der Waals surface area contributed by atoms with Crippen LogP contribution in [-0.2, 0) is 0 Å². The Kier molecular flexibility index (Phi) is 6.56. The van der Waals surface area contributed by atoms with Crippen molar-refractivity contribution in [3.8, 4) is 17.0 Å². The lowest BCUT2D eigenvalue weighted by molar-refractivity contribution is -0.385. The Morgan fingerprint density at radius 3 is 2.83 bits per heavy atom. The van der Waals surface area contributed by atoms with E-state index in [1.807, 2.05) is 12.3 Å². The standard InChI is InChI=1S/C21H22N4O3S/c1-4-9-28-20-8-6-16(11-19(20)25(26)27)12-22-24-21-23-18(13-29-21)17-7-5-14(2)10-15(17)3/h5-8,10-13H,4,9H2,1-3H3,(H,23,24)/b22-12-. The topological polar surface area (TPSA) is 89.7 Å². The fraction of sp³-hybridized carbons (Fsp3) is 0.238. The molecule has 0 aliphatic rings. The van der Waals surface area contributed by atoms with Crippen molar-refractivity contribution >= 4 is 28.4 Å². The van der Waals surface area contributed by atoms with E-state index in [2.05, 4.69) is 47.6 Å². The van der Waals surface area contributed by atoms with Gasteiger partial charge in [-0.3, -0.25) is 15.5 Å². The van der Waals surface area contributed by atoms with Crippen LogP contribution < -0.4 is 10.2 Å². The molecule has 1 aromatic heterocycles. The van der Waals surface area contributed by atoms with Crippen molar-refractivity contribution in [2.75, 3.05) is 12.0 Å². The summed E-state index contributed by atoms with van der Waals surface area (Å²) in [6, 6.07) is 11.0. The average Bonchev–Trinajstić information content (AvgIpc) is 3.15. The third-order valence-electron chi connectivity index (χ3n) is 4.18. The summed E-state index contributed by atoms with van der Waals surface area (Å²) in [4.78, 5) is 15.4. The van der Waals surface area contributed by atoms with Gasteiger partial charge in [0.25, 0.3) is 0 Å². The van der Waals surface area contributed by atoms with Crippen LogP contribution in [0.15, 0.2) is 46.9 Å². The van der Waals surface area contributed by atoms with Crippen molar-refractivity contribution in [3.05, 3.63) is 68.6 Å². The number of nitrogens with zero attached hydrogens (tertiary/aromatic N) is 3. The van der Waals surface area contributed by atoms with E-state index < -0.39 is 4.92 Å². The Hall–Kier alpha value is -3.26. The minimum absolute atomic E-state index is 0.0752. The smallest absolute Gasteiger partial charge is 0.311 e. The van der Waals surface area contributed by atoms with Gasteiger partial charge in [-0.15, -0.1) is 11.3 Å². The third kappa shape index (κ3) is 5.17. The van der Waals surface area contributed by atoms with Gasteiger partial charge in [0.1, 0.15) is 0 Å². The van der Waals surface area contributed by atoms with E-state index in [0.29, 0.717) is 17.3 Å². The Morgan fingerprint density at radius 1 is 1.28 bits per heavy atom. The van der Waals surface area contributed by atoms with Crippen LogP contribution in [0, 0.1) is 24.0 Å². The van der Waals surface area contributed by atoms with Gasteiger partial charge in [0.15, 0.2) is 5.75 Å². The Morgan fingerprint density at radius 2 is 2.10 bits per heavy atom. The molecular formula is C21H22N4O3S. The number of rotatable bonds is 8. The van der Waals surface area contributed by atoms with Crippen molar-refractivity contribution in [1.29, 1.82) is 0 Å². The molecule has 3 rings (SSSR count). The van der Waals surface area contributed by atoms with Crippen LogP contribution >= 0.6 is 11.3 Å². The molecule has 150 valence electrons. The fourth-order valence-corrected chi connectivity index (χ4v) is 3.46. The number of thiazole rings is 1. The summed E-state index contributed by atoms with van der Waals surface area (Å²) >= 11 is 1.45. The number of nitro groups is 1. The van der Waals surface area contributed by atoms with Gasteiger partial charge in [-0.2, -0.15) is 5.10 Å². The molecule has 0 aliphatic heterocycles. The number of hydrogen-bond acceptors (Lipinski definition) is 7. The van der Waals surface area contributed by atoms with Crippen LogP contribution in [0.4, 0.5) is 10.8 Å². The zero-order chi connectivity index (χ0) is 20.8. The minimum Gasteiger partial charge on any atom is -0.487 e. The molecule has 0 radical (unpaired) electrons. The first-order chi connectivity index (χ1) is 14.0. The Bertz CT molecular complexity index is 1050. The number of aryl methyl sites for hydroxylation is 2. The number of hydrazone groups is 1. The molecular weight excluding hydrogens is 388 g/mol. The first-order valence-electron chi connectivity index (χ1n) is 9.21. The third-order valence-corrected chi connectivity index (χ3v) is 4.92. The molecule has 1 heterocycles. The molecule has 0 fully saturated rings. The second kappa shape index (κ2) is 9.29. The molecule has 0 atom stereocenters. The molecule has 0 saturated heterocycles. The predicted octanol–water partition coefficient (Wildman–Crippen LogP) is 5.57. The molecule has 0 aliphatic carbocycles. The van der Waals surface area contributed by atoms with Gasteiger partial charge in [-0.25, -0.2) is 4.98 Å². The van der Waals surface area contributed by atoms with E-state index in [1.165, 1.54) is 34.7 Å². The summed E-state index contributed by atoms with van der Waals surface area (Å²) < 4.78 is 5.43. The quantitative estimate of drug-likeness (QED) is 0.298. The number of aromatic nitrogens is 1. The molecule has 0 amide bonds. The number of hydrogen-bond donors (Lipinski definition) is 1. The van der Waals surface area contributed by atoms with E-state index >= 15 is 0 Å². The van der Waals surface area contributed by atoms with Crippen LogP contribution in [0.5, 0.6) is 5.75 Å². The highest BCUT2D eigenvalue weighted by Crippen LogP contribution is 2.29. The number of ether oxygens (including phenoxy) is 1. The number of benzene rings is 2. The van der Waals surface area contributed by atoms with Gasteiger partial charge in [0.05, 0.1) is 23.4 Å². The van der Waals surface area contributed by atoms with Gasteiger partial charge in [0, 0.05) is 22.6 Å². The second-order valence-corrected chi connectivity index (χ2v) is 7.42. The molecule has 7 nitrogen and oxygen atoms in total. The fourth-order valence-electron chi connectivity index (χ4n) is 2.80. The van der Waals surface area contributed by atoms with Crippen molar-refractivity contribution in [1.82, 2.24) is 4.98 Å². The molecule has 0 bridgehead atoms. The van der Waals surface area contributed by atoms with Crippen LogP contribution in [0.1, 0.15) is 30.0 Å². The SMILES string of the molecule is CCCOc1ccc(/C=N\Nc2nc(-c3ccc(C)cc3C)cs2)cc1[N+](=O)[O-]. The maximum atomic E-state index is 11.3. The van der Waals surface area contributed by atoms with Gasteiger partial charge in [0.2, 0.25) is 5.13 Å². The summed E-state index contributed by atoms with van der Waals surface area (Å²) in [5, 5.41) is 18.1. The minimum atomic E-state index is -0.452. The van der Waals surface area contributed by atoms with Crippen LogP contribution in [0.25, 0.3) is 11.3 Å². The van der Waals surface area contributed by atoms with Crippen molar-refractivity contribution in [2.45, 2.75) is 27.2 Å². The van der Waals surface area contributed by atoms with Gasteiger partial charge >= 0.3 is 5.69 Å². The summed E-state index contributed by atoms with van der Waals surface area (Å²) in [6.45, 7) is 6.51. The molecule has 2 aromatic carbocycles. The van der Waals surface area contributed by atoms with Crippen molar-refractivity contribution < 1.29 is 9.66 Å². The van der Waals surface area contributed by atoms with Crippen molar-refractivity contribution in [2.24, 2.45) is 5.10 Å². The van der Waals surface area contributed by atoms with Crippen LogP contribution in [-0.4, -0.2) is 22.7 Å². The normalized spacial score (nSPS) is 11.0. The summed E-state index contributed by atoms with van der Waals surface area (Å²) in [6.07, 6.45) is 2.30. The maximum absolute atomic E-state index is 11.3. The average molecular weight is 410 g/mol. The lowest BCUT2D eigenvalue weighted by Gasteiger charge is -2.05. The van der Waals surface area contributed by atoms with Crippen LogP contribution in [0.3, 0.4) is 0 Å². The van der Waals surface area contributed by atoms with E-state index in [4.69, 9.17) is 4.74 Å². The largest absolute Gasteiger partial charge is 0.487 e. The molecule has 3 aromatic rings. The highest BCUT2D eigenvalue weighted by Gasteiger charge is 2.15. The first-order valence-corrected chi connectivity index (χ1v) is 10.1. The molecule has 8 heteroatoms. The Labute approximate surface area is 173 Å². The lowest BCUT2D eigenvalue weighted by atomic mass is 10.0. The van der Waals surface area contributed by atoms with E-state index in [0.717, 1.165) is 17.7 Å². The van der Waals surface area contributed by atoms with E-state index in [9.17, 15) is 10.1 Å². The number of anilines is 1. The van der Waals surface area contributed by atoms with Gasteiger partial charge in [-0.1, -0.05) is 30.7 Å². The van der Waals surface area contributed by atoms with Crippen molar-refractivity contribution in [3.63, 3.8) is 0 Å². The monoisotopic (exact) mass is 410 g/mol. The first kappa shape index (κ1) is 20.5. The molecule has 1 N–H and O–H groups in total. The second-order valence-electron chi connectivity index (χ2n) is 6.56. The van der Waals surface area contributed by atoms with Gasteiger partial charge < -0.3 is 4.74 Å². The molecule has 0 unspecified atom stereocenters. The van der Waals surface area contributed by atoms with Gasteiger partial charge in [-0.05, 0) is 38.0 Å². The summed E-state index contributed by atoms with van der Waals surface area (Å²) in [7, 11) is 0. The summed E-state index contributed by atoms with van der Waals surface area (Å²) in [5.74, 6) is 0.264.